The summed E-state index contributed by atoms with van der Waals surface area (Å²) in [6.07, 6.45) is 0. The molecule has 1 amide bonds. The van der Waals surface area contributed by atoms with Gasteiger partial charge in [0, 0.05) is 6.04 Å². The fourth-order valence-electron chi connectivity index (χ4n) is 3.30. The second-order valence-electron chi connectivity index (χ2n) is 7.27. The Morgan fingerprint density at radius 3 is 2.38 bits per heavy atom. The van der Waals surface area contributed by atoms with Gasteiger partial charge in [0.05, 0.1) is 27.8 Å². The number of aryl methyl sites for hydroxylation is 2. The minimum absolute atomic E-state index is 0.0748. The molecule has 26 heavy (non-hydrogen) atoms. The maximum absolute atomic E-state index is 12.9. The number of fused-ring (bicyclic) bond motifs is 1. The number of aromatic nitrogens is 3. The molecule has 0 spiro atoms. The normalized spacial score (nSPS) is 12.9. The molecule has 1 N–H and O–H groups in total. The molecule has 0 fully saturated rings. The number of hydrogen-bond acceptors (Lipinski definition) is 4. The number of para-hydroxylation sites is 2. The minimum Gasteiger partial charge on any atom is -0.341 e. The lowest BCUT2D eigenvalue weighted by atomic mass is 10.0. The summed E-state index contributed by atoms with van der Waals surface area (Å²) >= 11 is 1.44. The van der Waals surface area contributed by atoms with Gasteiger partial charge in [-0.15, -0.1) is 11.3 Å². The Balaban J connectivity index is 2.03. The molecule has 5 nitrogen and oxygen atoms in total. The van der Waals surface area contributed by atoms with Gasteiger partial charge in [0.15, 0.2) is 0 Å². The van der Waals surface area contributed by atoms with Crippen LogP contribution in [0.25, 0.3) is 11.0 Å². The molecule has 0 bridgehead atoms. The van der Waals surface area contributed by atoms with E-state index in [0.29, 0.717) is 4.88 Å². The first-order valence-corrected chi connectivity index (χ1v) is 9.83. The van der Waals surface area contributed by atoms with Crippen molar-refractivity contribution in [1.82, 2.24) is 19.9 Å². The summed E-state index contributed by atoms with van der Waals surface area (Å²) in [6, 6.07) is 8.21. The van der Waals surface area contributed by atoms with Gasteiger partial charge in [0.2, 0.25) is 0 Å². The first kappa shape index (κ1) is 18.6. The van der Waals surface area contributed by atoms with E-state index in [9.17, 15) is 4.79 Å². The Kier molecular flexibility index (Phi) is 5.14. The molecule has 0 aliphatic carbocycles. The Bertz CT molecular complexity index is 939. The van der Waals surface area contributed by atoms with E-state index < -0.39 is 0 Å². The molecule has 3 aromatic rings. The van der Waals surface area contributed by atoms with Crippen molar-refractivity contribution in [1.29, 1.82) is 0 Å². The molecular weight excluding hydrogens is 344 g/mol. The van der Waals surface area contributed by atoms with Crippen LogP contribution >= 0.6 is 11.3 Å². The quantitative estimate of drug-likeness (QED) is 0.700. The monoisotopic (exact) mass is 370 g/mol. The highest BCUT2D eigenvalue weighted by molar-refractivity contribution is 7.13. The van der Waals surface area contributed by atoms with Crippen molar-refractivity contribution in [2.45, 2.75) is 53.6 Å². The Morgan fingerprint density at radius 2 is 1.81 bits per heavy atom. The van der Waals surface area contributed by atoms with Gasteiger partial charge in [-0.2, -0.15) is 0 Å². The van der Waals surface area contributed by atoms with E-state index in [1.807, 2.05) is 32.0 Å². The SMILES string of the molecule is Cc1nc(C)c(C(=O)NC(c2nc3ccccc3n2C(C)C)C(C)C)s1. The molecule has 2 heterocycles. The maximum atomic E-state index is 12.9. The lowest BCUT2D eigenvalue weighted by molar-refractivity contribution is 0.0925. The number of carbonyl (C=O) groups excluding carboxylic acids is 1. The highest BCUT2D eigenvalue weighted by atomic mass is 32.1. The van der Waals surface area contributed by atoms with Crippen LogP contribution in [-0.4, -0.2) is 20.4 Å². The Morgan fingerprint density at radius 1 is 1.12 bits per heavy atom. The lowest BCUT2D eigenvalue weighted by Gasteiger charge is -2.24. The molecule has 1 aromatic carbocycles. The van der Waals surface area contributed by atoms with Gasteiger partial charge in [0.1, 0.15) is 10.7 Å². The summed E-state index contributed by atoms with van der Waals surface area (Å²) in [4.78, 5) is 22.8. The zero-order valence-corrected chi connectivity index (χ0v) is 17.0. The van der Waals surface area contributed by atoms with E-state index in [0.717, 1.165) is 27.6 Å². The highest BCUT2D eigenvalue weighted by Crippen LogP contribution is 2.29. The largest absolute Gasteiger partial charge is 0.341 e. The summed E-state index contributed by atoms with van der Waals surface area (Å²) in [7, 11) is 0. The zero-order valence-electron chi connectivity index (χ0n) is 16.2. The van der Waals surface area contributed by atoms with Crippen molar-refractivity contribution in [2.75, 3.05) is 0 Å². The number of amides is 1. The minimum atomic E-state index is -0.167. The van der Waals surface area contributed by atoms with Crippen LogP contribution < -0.4 is 5.32 Å². The molecule has 0 aliphatic rings. The van der Waals surface area contributed by atoms with Gasteiger partial charge in [0.25, 0.3) is 5.91 Å². The second-order valence-corrected chi connectivity index (χ2v) is 8.47. The van der Waals surface area contributed by atoms with Gasteiger partial charge < -0.3 is 9.88 Å². The van der Waals surface area contributed by atoms with Gasteiger partial charge in [-0.05, 0) is 45.7 Å². The zero-order chi connectivity index (χ0) is 19.0. The molecule has 2 aromatic heterocycles. The predicted octanol–water partition coefficient (Wildman–Crippen LogP) is 4.82. The molecular formula is C20H26N4OS. The lowest BCUT2D eigenvalue weighted by Crippen LogP contribution is -2.34. The third-order valence-electron chi connectivity index (χ3n) is 4.48. The fourth-order valence-corrected chi connectivity index (χ4v) is 4.13. The molecule has 0 aliphatic heterocycles. The number of benzene rings is 1. The third kappa shape index (κ3) is 3.38. The van der Waals surface area contributed by atoms with Crippen LogP contribution in [0.1, 0.15) is 66.0 Å². The second kappa shape index (κ2) is 7.19. The summed E-state index contributed by atoms with van der Waals surface area (Å²) in [5, 5.41) is 4.11. The first-order chi connectivity index (χ1) is 12.3. The molecule has 0 radical (unpaired) electrons. The molecule has 6 heteroatoms. The van der Waals surface area contributed by atoms with Crippen molar-refractivity contribution in [3.05, 3.63) is 45.7 Å². The van der Waals surface area contributed by atoms with E-state index in [1.165, 1.54) is 11.3 Å². The number of hydrogen-bond donors (Lipinski definition) is 1. The highest BCUT2D eigenvalue weighted by Gasteiger charge is 2.27. The summed E-state index contributed by atoms with van der Waals surface area (Å²) in [6.45, 7) is 12.3. The van der Waals surface area contributed by atoms with E-state index in [2.05, 4.69) is 48.6 Å². The standard InChI is InChI=1S/C20H26N4OS/c1-11(2)17(23-20(25)18-13(5)21-14(6)26-18)19-22-15-9-7-8-10-16(15)24(19)12(3)4/h7-12,17H,1-6H3,(H,23,25). The van der Waals surface area contributed by atoms with Crippen molar-refractivity contribution in [3.63, 3.8) is 0 Å². The summed E-state index contributed by atoms with van der Waals surface area (Å²) in [5.74, 6) is 1.04. The number of nitrogens with one attached hydrogen (secondary N) is 1. The van der Waals surface area contributed by atoms with Crippen molar-refractivity contribution < 1.29 is 4.79 Å². The van der Waals surface area contributed by atoms with E-state index in [-0.39, 0.29) is 23.9 Å². The number of nitrogens with zero attached hydrogens (tertiary/aromatic N) is 3. The summed E-state index contributed by atoms with van der Waals surface area (Å²) in [5.41, 5.74) is 2.84. The smallest absolute Gasteiger partial charge is 0.263 e. The van der Waals surface area contributed by atoms with Crippen molar-refractivity contribution in [2.24, 2.45) is 5.92 Å². The fraction of sp³-hybridized carbons (Fsp3) is 0.450. The van der Waals surface area contributed by atoms with Crippen LogP contribution in [0, 0.1) is 19.8 Å². The molecule has 0 saturated carbocycles. The van der Waals surface area contributed by atoms with E-state index in [1.54, 1.807) is 0 Å². The van der Waals surface area contributed by atoms with Gasteiger partial charge in [-0.3, -0.25) is 4.79 Å². The van der Waals surface area contributed by atoms with Crippen LogP contribution in [0.3, 0.4) is 0 Å². The topological polar surface area (TPSA) is 59.8 Å². The van der Waals surface area contributed by atoms with E-state index in [4.69, 9.17) is 4.98 Å². The molecule has 1 atom stereocenters. The van der Waals surface area contributed by atoms with Gasteiger partial charge in [-0.1, -0.05) is 26.0 Å². The molecule has 0 saturated heterocycles. The number of thiazole rings is 1. The van der Waals surface area contributed by atoms with Crippen molar-refractivity contribution in [3.8, 4) is 0 Å². The van der Waals surface area contributed by atoms with E-state index >= 15 is 0 Å². The van der Waals surface area contributed by atoms with Crippen LogP contribution in [0.2, 0.25) is 0 Å². The average molecular weight is 371 g/mol. The van der Waals surface area contributed by atoms with Crippen LogP contribution in [0.4, 0.5) is 0 Å². The van der Waals surface area contributed by atoms with Gasteiger partial charge >= 0.3 is 0 Å². The summed E-state index contributed by atoms with van der Waals surface area (Å²) < 4.78 is 2.23. The van der Waals surface area contributed by atoms with Crippen LogP contribution in [0.5, 0.6) is 0 Å². The first-order valence-electron chi connectivity index (χ1n) is 9.01. The Labute approximate surface area is 158 Å². The van der Waals surface area contributed by atoms with Gasteiger partial charge in [-0.25, -0.2) is 9.97 Å². The Hall–Kier alpha value is -2.21. The molecule has 138 valence electrons. The van der Waals surface area contributed by atoms with Crippen LogP contribution in [-0.2, 0) is 0 Å². The molecule has 3 rings (SSSR count). The molecule has 1 unspecified atom stereocenters. The van der Waals surface area contributed by atoms with Crippen molar-refractivity contribution >= 4 is 28.3 Å². The van der Waals surface area contributed by atoms with Crippen LogP contribution in [0.15, 0.2) is 24.3 Å². The number of carbonyl (C=O) groups is 1. The average Bonchev–Trinajstić information content (AvgIpc) is 3.11. The predicted molar refractivity (Wildman–Crippen MR) is 107 cm³/mol. The number of imidazole rings is 1. The third-order valence-corrected chi connectivity index (χ3v) is 5.55. The maximum Gasteiger partial charge on any atom is 0.263 e. The number of rotatable bonds is 5.